The first-order chi connectivity index (χ1) is 7.15. The van der Waals surface area contributed by atoms with Gasteiger partial charge in [0, 0.05) is 17.8 Å². The summed E-state index contributed by atoms with van der Waals surface area (Å²) in [5.41, 5.74) is 6.20. The zero-order valence-corrected chi connectivity index (χ0v) is 11.7. The van der Waals surface area contributed by atoms with Gasteiger partial charge in [-0.15, -0.1) is 24.0 Å². The van der Waals surface area contributed by atoms with E-state index in [0.29, 0.717) is 11.4 Å². The van der Waals surface area contributed by atoms with Crippen LogP contribution < -0.4 is 5.73 Å². The lowest BCUT2D eigenvalue weighted by Gasteiger charge is -1.95. The smallest absolute Gasteiger partial charge is 0.335 e. The molecule has 0 fully saturated rings. The highest BCUT2D eigenvalue weighted by atomic mass is 79.9. The second kappa shape index (κ2) is 11.2. The predicted molar refractivity (Wildman–Crippen MR) is 73.1 cm³/mol. The molecule has 0 aliphatic heterocycles. The van der Waals surface area contributed by atoms with Gasteiger partial charge < -0.3 is 10.8 Å². The molecule has 0 amide bonds. The van der Waals surface area contributed by atoms with Gasteiger partial charge in [0.05, 0.1) is 5.56 Å². The summed E-state index contributed by atoms with van der Waals surface area (Å²) in [6.45, 7) is 0.736. The normalized spacial score (nSPS) is 8.44. The summed E-state index contributed by atoms with van der Waals surface area (Å²) in [6.07, 6.45) is 0. The molecule has 0 heterocycles. The van der Waals surface area contributed by atoms with Crippen LogP contribution in [0.1, 0.15) is 15.9 Å². The lowest BCUT2D eigenvalue weighted by molar-refractivity contribution is 0.0697. The average molecular weight is 331 g/mol. The highest BCUT2D eigenvalue weighted by Crippen LogP contribution is 2.06. The minimum absolute atomic E-state index is 0. The van der Waals surface area contributed by atoms with Crippen molar-refractivity contribution in [3.63, 3.8) is 0 Å². The van der Waals surface area contributed by atoms with Crippen molar-refractivity contribution in [3.05, 3.63) is 35.4 Å². The van der Waals surface area contributed by atoms with Crippen molar-refractivity contribution >= 4 is 45.9 Å². The first kappa shape index (κ1) is 18.1. The number of halogens is 3. The van der Waals surface area contributed by atoms with E-state index in [1.165, 1.54) is 0 Å². The van der Waals surface area contributed by atoms with E-state index in [2.05, 4.69) is 15.9 Å². The summed E-state index contributed by atoms with van der Waals surface area (Å²) in [4.78, 5) is 10.4. The molecule has 0 bridgehead atoms. The van der Waals surface area contributed by atoms with Crippen molar-refractivity contribution in [2.45, 2.75) is 5.88 Å². The Kier molecular flexibility index (Phi) is 12.7. The highest BCUT2D eigenvalue weighted by molar-refractivity contribution is 9.09. The van der Waals surface area contributed by atoms with Gasteiger partial charge in [-0.2, -0.15) is 0 Å². The zero-order valence-electron chi connectivity index (χ0n) is 8.53. The molecule has 0 unspecified atom stereocenters. The third-order valence-electron chi connectivity index (χ3n) is 1.46. The average Bonchev–Trinajstić information content (AvgIpc) is 2.29. The topological polar surface area (TPSA) is 63.3 Å². The molecule has 0 saturated carbocycles. The van der Waals surface area contributed by atoms with E-state index < -0.39 is 5.97 Å². The van der Waals surface area contributed by atoms with Gasteiger partial charge in [0.15, 0.2) is 0 Å². The summed E-state index contributed by atoms with van der Waals surface area (Å²) in [6, 6.07) is 6.49. The van der Waals surface area contributed by atoms with Gasteiger partial charge in [-0.05, 0) is 17.7 Å². The van der Waals surface area contributed by atoms with Crippen LogP contribution in [0.15, 0.2) is 24.3 Å². The van der Waals surface area contributed by atoms with Gasteiger partial charge in [-0.25, -0.2) is 4.79 Å². The molecule has 3 N–H and O–H groups in total. The minimum atomic E-state index is -0.911. The number of carboxylic acid groups (broad SMARTS) is 1. The summed E-state index contributed by atoms with van der Waals surface area (Å²) < 4.78 is 0. The molecule has 1 rings (SSSR count). The van der Waals surface area contributed by atoms with E-state index >= 15 is 0 Å². The summed E-state index contributed by atoms with van der Waals surface area (Å²) >= 11 is 8.63. The molecule has 1 aromatic carbocycles. The van der Waals surface area contributed by atoms with Crippen molar-refractivity contribution in [1.29, 1.82) is 0 Å². The number of rotatable bonds is 3. The molecule has 0 radical (unpaired) electrons. The molecule has 92 valence electrons. The number of carbonyl (C=O) groups is 1. The molecule has 0 aromatic heterocycles. The van der Waals surface area contributed by atoms with Crippen LogP contribution >= 0.6 is 39.9 Å². The van der Waals surface area contributed by atoms with Crippen LogP contribution in [-0.2, 0) is 5.88 Å². The van der Waals surface area contributed by atoms with Crippen LogP contribution in [-0.4, -0.2) is 23.0 Å². The van der Waals surface area contributed by atoms with Gasteiger partial charge in [-0.1, -0.05) is 28.1 Å². The summed E-state index contributed by atoms with van der Waals surface area (Å²) in [7, 11) is 0. The lowest BCUT2D eigenvalue weighted by Crippen LogP contribution is -1.97. The van der Waals surface area contributed by atoms with Crippen LogP contribution in [0.2, 0.25) is 0 Å². The maximum atomic E-state index is 10.4. The Morgan fingerprint density at radius 3 is 2.06 bits per heavy atom. The molecule has 0 saturated heterocycles. The largest absolute Gasteiger partial charge is 0.478 e. The van der Waals surface area contributed by atoms with E-state index in [1.54, 1.807) is 24.3 Å². The van der Waals surface area contributed by atoms with E-state index in [1.807, 2.05) is 0 Å². The molecular formula is C10H14BrCl2NO2. The van der Waals surface area contributed by atoms with Crippen LogP contribution in [0.3, 0.4) is 0 Å². The van der Waals surface area contributed by atoms with Crippen LogP contribution in [0.5, 0.6) is 0 Å². The molecule has 3 nitrogen and oxygen atoms in total. The van der Waals surface area contributed by atoms with Gasteiger partial charge >= 0.3 is 5.97 Å². The van der Waals surface area contributed by atoms with Gasteiger partial charge in [-0.3, -0.25) is 0 Å². The van der Waals surface area contributed by atoms with Crippen LogP contribution in [0, 0.1) is 0 Å². The first-order valence-electron chi connectivity index (χ1n) is 4.30. The molecule has 0 atom stereocenters. The third-order valence-corrected chi connectivity index (χ3v) is 2.23. The Labute approximate surface area is 115 Å². The number of nitrogens with two attached hydrogens (primary N) is 1. The fourth-order valence-corrected chi connectivity index (χ4v) is 0.915. The Bertz CT molecular complexity index is 291. The van der Waals surface area contributed by atoms with Crippen molar-refractivity contribution < 1.29 is 9.90 Å². The minimum Gasteiger partial charge on any atom is -0.478 e. The van der Waals surface area contributed by atoms with E-state index in [-0.39, 0.29) is 12.4 Å². The zero-order chi connectivity index (χ0) is 11.7. The first-order valence-corrected chi connectivity index (χ1v) is 5.95. The molecule has 0 spiro atoms. The molecule has 16 heavy (non-hydrogen) atoms. The van der Waals surface area contributed by atoms with Gasteiger partial charge in [0.25, 0.3) is 0 Å². The molecule has 0 aliphatic carbocycles. The molecule has 1 aromatic rings. The van der Waals surface area contributed by atoms with Gasteiger partial charge in [0.2, 0.25) is 0 Å². The molecule has 6 heteroatoms. The SMILES string of the molecule is Cl.NCCBr.O=C(O)c1ccc(CCl)cc1. The number of benzene rings is 1. The fourth-order valence-electron chi connectivity index (χ4n) is 0.736. The second-order valence-corrected chi connectivity index (χ2v) is 3.67. The van der Waals surface area contributed by atoms with Crippen LogP contribution in [0.25, 0.3) is 0 Å². The standard InChI is InChI=1S/C8H7ClO2.C2H6BrN.ClH/c9-5-6-1-3-7(4-2-6)8(10)11;3-1-2-4;/h1-4H,5H2,(H,10,11);1-2,4H2;1H. The number of hydrogen-bond donors (Lipinski definition) is 2. The lowest BCUT2D eigenvalue weighted by atomic mass is 10.1. The Balaban J connectivity index is 0. The number of aromatic carboxylic acids is 1. The van der Waals surface area contributed by atoms with Gasteiger partial charge in [0.1, 0.15) is 0 Å². The second-order valence-electron chi connectivity index (χ2n) is 2.61. The number of hydrogen-bond acceptors (Lipinski definition) is 2. The maximum absolute atomic E-state index is 10.4. The van der Waals surface area contributed by atoms with Crippen molar-refractivity contribution in [3.8, 4) is 0 Å². The summed E-state index contributed by atoms with van der Waals surface area (Å²) in [5.74, 6) is -0.494. The van der Waals surface area contributed by atoms with E-state index in [0.717, 1.165) is 17.4 Å². The van der Waals surface area contributed by atoms with Crippen molar-refractivity contribution in [2.75, 3.05) is 11.9 Å². The van der Waals surface area contributed by atoms with Crippen LogP contribution in [0.4, 0.5) is 0 Å². The Morgan fingerprint density at radius 2 is 1.81 bits per heavy atom. The third kappa shape index (κ3) is 7.93. The molecule has 0 aliphatic rings. The number of alkyl halides is 2. The fraction of sp³-hybridized carbons (Fsp3) is 0.300. The van der Waals surface area contributed by atoms with E-state index in [9.17, 15) is 4.79 Å². The molecular weight excluding hydrogens is 317 g/mol. The number of carboxylic acids is 1. The summed E-state index contributed by atoms with van der Waals surface area (Å²) in [5, 5.41) is 9.43. The quantitative estimate of drug-likeness (QED) is 0.837. The van der Waals surface area contributed by atoms with Crippen molar-refractivity contribution in [2.24, 2.45) is 5.73 Å². The predicted octanol–water partition coefficient (Wildman–Crippen LogP) is 2.89. The monoisotopic (exact) mass is 329 g/mol. The Morgan fingerprint density at radius 1 is 1.38 bits per heavy atom. The highest BCUT2D eigenvalue weighted by Gasteiger charge is 1.99. The Hall–Kier alpha value is -0.290. The van der Waals surface area contributed by atoms with E-state index in [4.69, 9.17) is 22.4 Å². The van der Waals surface area contributed by atoms with Crippen molar-refractivity contribution in [1.82, 2.24) is 0 Å². The maximum Gasteiger partial charge on any atom is 0.335 e.